The SMILES string of the molecule is CC1=C(C2CCN(c3ncc(C4CCN(c5cc([C@H](C(=O)N6C[C@H](O)C[C@H]6C(=O)N[C@@H](C)c6ccc(-c7scnc7C)cc6)C(C)C)on5)CC4)cn3)CC2)SC/C1=C\C(=N)c1ccccc1O. The number of anilines is 2. The summed E-state index contributed by atoms with van der Waals surface area (Å²) in [5.41, 5.74) is 9.28. The molecule has 4 atom stereocenters. The molecule has 3 fully saturated rings. The van der Waals surface area contributed by atoms with Crippen molar-refractivity contribution in [3.8, 4) is 16.2 Å². The molecule has 4 N–H and O–H groups in total. The summed E-state index contributed by atoms with van der Waals surface area (Å²) in [4.78, 5) is 50.7. The molecule has 68 heavy (non-hydrogen) atoms. The third kappa shape index (κ3) is 9.99. The Morgan fingerprint density at radius 3 is 2.29 bits per heavy atom. The first-order valence-corrected chi connectivity index (χ1v) is 25.7. The lowest BCUT2D eigenvalue weighted by Gasteiger charge is -2.33. The van der Waals surface area contributed by atoms with Gasteiger partial charge in [-0.05, 0) is 115 Å². The summed E-state index contributed by atoms with van der Waals surface area (Å²) in [5.74, 6) is 2.31. The van der Waals surface area contributed by atoms with Gasteiger partial charge in [0.05, 0.1) is 33.9 Å². The number of allylic oxidation sites excluding steroid dienone is 3. The Bertz CT molecular complexity index is 2680. The highest BCUT2D eigenvalue weighted by molar-refractivity contribution is 8.03. The maximum atomic E-state index is 14.4. The zero-order valence-corrected chi connectivity index (χ0v) is 41.0. The van der Waals surface area contributed by atoms with Crippen molar-refractivity contribution >= 4 is 52.4 Å². The van der Waals surface area contributed by atoms with Crippen LogP contribution in [0.3, 0.4) is 0 Å². The Labute approximate surface area is 406 Å². The number of carbonyl (C=O) groups is 2. The Kier molecular flexibility index (Phi) is 14.2. The highest BCUT2D eigenvalue weighted by Gasteiger charge is 2.44. The summed E-state index contributed by atoms with van der Waals surface area (Å²) in [7, 11) is 0. The molecule has 2 amide bonds. The monoisotopic (exact) mass is 955 g/mol. The van der Waals surface area contributed by atoms with Gasteiger partial charge in [0.1, 0.15) is 17.7 Å². The van der Waals surface area contributed by atoms with E-state index < -0.39 is 18.1 Å². The average molecular weight is 956 g/mol. The predicted molar refractivity (Wildman–Crippen MR) is 268 cm³/mol. The molecule has 3 aromatic heterocycles. The van der Waals surface area contributed by atoms with Crippen molar-refractivity contribution in [2.45, 2.75) is 96.7 Å². The van der Waals surface area contributed by atoms with Crippen LogP contribution >= 0.6 is 23.1 Å². The number of carbonyl (C=O) groups excluding carboxylic acids is 2. The molecule has 4 aliphatic heterocycles. The first-order chi connectivity index (χ1) is 32.8. The molecule has 9 rings (SSSR count). The molecule has 0 spiro atoms. The van der Waals surface area contributed by atoms with Gasteiger partial charge >= 0.3 is 0 Å². The molecular formula is C52H61N9O5S2. The molecule has 0 aliphatic carbocycles. The highest BCUT2D eigenvalue weighted by Crippen LogP contribution is 2.44. The molecule has 3 saturated heterocycles. The number of nitrogens with zero attached hydrogens (tertiary/aromatic N) is 7. The van der Waals surface area contributed by atoms with Gasteiger partial charge in [-0.25, -0.2) is 15.0 Å². The van der Waals surface area contributed by atoms with Gasteiger partial charge in [0.15, 0.2) is 11.6 Å². The smallest absolute Gasteiger partial charge is 0.243 e. The summed E-state index contributed by atoms with van der Waals surface area (Å²) < 4.78 is 5.92. The Hall–Kier alpha value is -5.84. The Morgan fingerprint density at radius 1 is 0.926 bits per heavy atom. The number of benzene rings is 2. The summed E-state index contributed by atoms with van der Waals surface area (Å²) in [5, 5.41) is 37.1. The number of aliphatic hydroxyl groups is 1. The van der Waals surface area contributed by atoms with Crippen LogP contribution in [0.2, 0.25) is 0 Å². The number of aliphatic hydroxyl groups excluding tert-OH is 1. The highest BCUT2D eigenvalue weighted by atomic mass is 32.2. The van der Waals surface area contributed by atoms with Crippen molar-refractivity contribution in [1.82, 2.24) is 30.3 Å². The molecule has 2 aromatic carbocycles. The molecule has 356 valence electrons. The van der Waals surface area contributed by atoms with Crippen LogP contribution in [0.5, 0.6) is 5.75 Å². The number of hydrogen-bond donors (Lipinski definition) is 4. The van der Waals surface area contributed by atoms with E-state index in [1.165, 1.54) is 15.4 Å². The average Bonchev–Trinajstić information content (AvgIpc) is 4.17. The van der Waals surface area contributed by atoms with E-state index in [0.717, 1.165) is 96.4 Å². The lowest BCUT2D eigenvalue weighted by atomic mass is 9.90. The second kappa shape index (κ2) is 20.4. The number of amides is 2. The molecule has 0 saturated carbocycles. The van der Waals surface area contributed by atoms with E-state index in [-0.39, 0.29) is 42.5 Å². The maximum Gasteiger partial charge on any atom is 0.243 e. The number of aromatic hydroxyl groups is 1. The number of hydrogen-bond acceptors (Lipinski definition) is 14. The molecule has 14 nitrogen and oxygen atoms in total. The van der Waals surface area contributed by atoms with Gasteiger partial charge in [0.25, 0.3) is 0 Å². The minimum absolute atomic E-state index is 0.0732. The van der Waals surface area contributed by atoms with Crippen molar-refractivity contribution in [2.24, 2.45) is 11.8 Å². The number of thiazole rings is 1. The summed E-state index contributed by atoms with van der Waals surface area (Å²) >= 11 is 3.48. The fourth-order valence-corrected chi connectivity index (χ4v) is 12.5. The van der Waals surface area contributed by atoms with Crippen LogP contribution in [0.4, 0.5) is 11.8 Å². The van der Waals surface area contributed by atoms with Crippen LogP contribution in [-0.2, 0) is 9.59 Å². The number of phenolic OH excluding ortho intramolecular Hbond substituents is 1. The molecule has 0 bridgehead atoms. The van der Waals surface area contributed by atoms with Gasteiger partial charge in [-0.1, -0.05) is 55.4 Å². The largest absolute Gasteiger partial charge is 0.507 e. The van der Waals surface area contributed by atoms with Gasteiger partial charge in [-0.15, -0.1) is 23.1 Å². The molecule has 0 unspecified atom stereocenters. The lowest BCUT2D eigenvalue weighted by molar-refractivity contribution is -0.141. The van der Waals surface area contributed by atoms with E-state index in [9.17, 15) is 19.8 Å². The van der Waals surface area contributed by atoms with Crippen LogP contribution in [-0.4, -0.2) is 103 Å². The van der Waals surface area contributed by atoms with Gasteiger partial charge in [0.2, 0.25) is 17.8 Å². The maximum absolute atomic E-state index is 14.4. The summed E-state index contributed by atoms with van der Waals surface area (Å²) in [6.07, 6.45) is 9.08. The minimum atomic E-state index is -0.811. The summed E-state index contributed by atoms with van der Waals surface area (Å²) in [6.45, 7) is 13.4. The first-order valence-electron chi connectivity index (χ1n) is 23.8. The molecular weight excluding hydrogens is 895 g/mol. The summed E-state index contributed by atoms with van der Waals surface area (Å²) in [6, 6.07) is 15.9. The number of β-amino-alcohol motifs (C(OH)–C–C–N with tert-alkyl or cyclic N) is 1. The topological polar surface area (TPSA) is 185 Å². The number of likely N-dealkylation sites (tertiary alicyclic amines) is 1. The standard InChI is InChI=1S/C52H61N9O5S2/c1-30(2)47(51(65)61-27-40(62)23-43(61)50(64)57-32(4)34-10-12-36(13-11-34)49-33(5)56-29-68-49)45-24-46(58-66-45)59-18-14-35(15-19-59)39-25-54-52(55-26-39)60-20-16-37(17-21-60)48-31(3)38(28-67-48)22-42(53)41-8-6-7-9-44(41)63/h6-13,22,24-26,29-30,32,35,37,40,43,47,53,62-63H,14-21,23,27-28H2,1-5H3,(H,57,64)/b38-22+,53-42?/t32-,40+,43-,47+/m0/s1. The van der Waals surface area contributed by atoms with Crippen molar-refractivity contribution in [1.29, 1.82) is 5.41 Å². The molecule has 7 heterocycles. The van der Waals surface area contributed by atoms with E-state index in [1.807, 2.05) is 99.8 Å². The van der Waals surface area contributed by atoms with Crippen molar-refractivity contribution in [3.63, 3.8) is 0 Å². The second-order valence-corrected chi connectivity index (χ2v) is 20.9. The zero-order chi connectivity index (χ0) is 47.6. The van der Waals surface area contributed by atoms with Crippen LogP contribution in [0.1, 0.15) is 106 Å². The van der Waals surface area contributed by atoms with E-state index in [2.05, 4.69) is 32.2 Å². The second-order valence-electron chi connectivity index (χ2n) is 19.0. The van der Waals surface area contributed by atoms with Crippen LogP contribution in [0.15, 0.2) is 99.2 Å². The Balaban J connectivity index is 0.766. The van der Waals surface area contributed by atoms with Gasteiger partial charge in [0, 0.05) is 68.9 Å². The number of phenols is 1. The molecule has 16 heteroatoms. The van der Waals surface area contributed by atoms with Crippen molar-refractivity contribution in [2.75, 3.05) is 48.3 Å². The zero-order valence-electron chi connectivity index (χ0n) is 39.4. The van der Waals surface area contributed by atoms with E-state index >= 15 is 0 Å². The van der Waals surface area contributed by atoms with Gasteiger partial charge in [-0.2, -0.15) is 0 Å². The van der Waals surface area contributed by atoms with Crippen LogP contribution < -0.4 is 15.1 Å². The quantitative estimate of drug-likeness (QED) is 0.0824. The first kappa shape index (κ1) is 47.2. The van der Waals surface area contributed by atoms with Crippen LogP contribution in [0.25, 0.3) is 10.4 Å². The lowest BCUT2D eigenvalue weighted by Crippen LogP contribution is -2.48. The number of thioether (sulfide) groups is 1. The number of para-hydroxylation sites is 1. The number of aryl methyl sites for hydroxylation is 1. The predicted octanol–water partition coefficient (Wildman–Crippen LogP) is 8.80. The third-order valence-electron chi connectivity index (χ3n) is 14.2. The normalized spacial score (nSPS) is 21.0. The van der Waals surface area contributed by atoms with E-state index in [1.54, 1.807) is 29.5 Å². The number of aromatic nitrogens is 4. The van der Waals surface area contributed by atoms with E-state index in [4.69, 9.17) is 19.9 Å². The molecule has 0 radical (unpaired) electrons. The molecule has 4 aliphatic rings. The molecule has 5 aromatic rings. The van der Waals surface area contributed by atoms with Crippen molar-refractivity contribution < 1.29 is 24.3 Å². The Morgan fingerprint density at radius 2 is 1.62 bits per heavy atom. The fraction of sp³-hybridized carbons (Fsp3) is 0.442. The van der Waals surface area contributed by atoms with Gasteiger partial charge in [-0.3, -0.25) is 9.59 Å². The van der Waals surface area contributed by atoms with Gasteiger partial charge < -0.3 is 40.2 Å². The minimum Gasteiger partial charge on any atom is -0.507 e. The number of rotatable bonds is 13. The van der Waals surface area contributed by atoms with E-state index in [0.29, 0.717) is 34.7 Å². The third-order valence-corrected chi connectivity index (χ3v) is 16.6. The number of nitrogens with one attached hydrogen (secondary N) is 2. The number of piperidine rings is 2. The van der Waals surface area contributed by atoms with Crippen LogP contribution in [0, 0.1) is 24.2 Å². The van der Waals surface area contributed by atoms with Crippen molar-refractivity contribution in [3.05, 3.63) is 123 Å². The fourth-order valence-electron chi connectivity index (χ4n) is 10.2.